The normalized spacial score (nSPS) is 10.8. The van der Waals surface area contributed by atoms with Crippen LogP contribution in [-0.4, -0.2) is 27.4 Å². The number of carbonyl (C=O) groups excluding carboxylic acids is 1. The number of nitriles is 1. The lowest BCUT2D eigenvalue weighted by Gasteiger charge is -2.08. The van der Waals surface area contributed by atoms with Crippen molar-refractivity contribution in [3.05, 3.63) is 64.7 Å². The summed E-state index contributed by atoms with van der Waals surface area (Å²) < 4.78 is 26.5. The van der Waals surface area contributed by atoms with Crippen LogP contribution in [-0.2, 0) is 10.0 Å². The van der Waals surface area contributed by atoms with Crippen LogP contribution < -0.4 is 10.0 Å². The molecule has 0 aromatic heterocycles. The first-order valence-corrected chi connectivity index (χ1v) is 8.82. The van der Waals surface area contributed by atoms with Gasteiger partial charge in [0.05, 0.1) is 16.5 Å². The first kappa shape index (κ1) is 17.9. The minimum Gasteiger partial charge on any atom is -0.351 e. The van der Waals surface area contributed by atoms with Crippen molar-refractivity contribution < 1.29 is 13.2 Å². The van der Waals surface area contributed by atoms with Gasteiger partial charge >= 0.3 is 0 Å². The van der Waals surface area contributed by atoms with E-state index in [1.807, 2.05) is 6.07 Å². The van der Waals surface area contributed by atoms with Gasteiger partial charge in [0.25, 0.3) is 5.91 Å². The van der Waals surface area contributed by atoms with E-state index < -0.39 is 10.0 Å². The van der Waals surface area contributed by atoms with Gasteiger partial charge in [-0.1, -0.05) is 17.7 Å². The number of halogens is 1. The van der Waals surface area contributed by atoms with Gasteiger partial charge in [0, 0.05) is 23.7 Å². The molecule has 6 nitrogen and oxygen atoms in total. The molecule has 1 amide bonds. The maximum absolute atomic E-state index is 12.1. The molecule has 2 aromatic rings. The molecule has 24 heavy (non-hydrogen) atoms. The van der Waals surface area contributed by atoms with E-state index in [0.29, 0.717) is 16.1 Å². The molecule has 0 aliphatic heterocycles. The van der Waals surface area contributed by atoms with Gasteiger partial charge in [0.2, 0.25) is 10.0 Å². The molecule has 0 saturated heterocycles. The number of amides is 1. The van der Waals surface area contributed by atoms with Crippen LogP contribution in [0, 0.1) is 11.3 Å². The Morgan fingerprint density at radius 2 is 1.83 bits per heavy atom. The molecule has 0 bridgehead atoms. The predicted molar refractivity (Wildman–Crippen MR) is 90.1 cm³/mol. The summed E-state index contributed by atoms with van der Waals surface area (Å²) in [4.78, 5) is 12.0. The minimum atomic E-state index is -3.68. The molecule has 0 unspecified atom stereocenters. The second-order valence-corrected chi connectivity index (χ2v) is 7.00. The van der Waals surface area contributed by atoms with Crippen molar-refractivity contribution in [2.24, 2.45) is 0 Å². The highest BCUT2D eigenvalue weighted by atomic mass is 35.5. The van der Waals surface area contributed by atoms with E-state index in [2.05, 4.69) is 10.0 Å². The second kappa shape index (κ2) is 7.93. The number of carbonyl (C=O) groups is 1. The zero-order valence-electron chi connectivity index (χ0n) is 12.5. The third-order valence-electron chi connectivity index (χ3n) is 3.09. The quantitative estimate of drug-likeness (QED) is 0.766. The third kappa shape index (κ3) is 4.80. The lowest BCUT2D eigenvalue weighted by atomic mass is 10.1. The first-order valence-electron chi connectivity index (χ1n) is 6.96. The monoisotopic (exact) mass is 363 g/mol. The summed E-state index contributed by atoms with van der Waals surface area (Å²) in [6.45, 7) is 0.162. The SMILES string of the molecule is N#Cc1ccc(C(=O)NCCNS(=O)(=O)c2cccc(Cl)c2)cc1. The van der Waals surface area contributed by atoms with Crippen LogP contribution in [0.3, 0.4) is 0 Å². The number of hydrogen-bond acceptors (Lipinski definition) is 4. The standard InChI is InChI=1S/C16H14ClN3O3S/c17-14-2-1-3-15(10-14)24(22,23)20-9-8-19-16(21)13-6-4-12(11-18)5-7-13/h1-7,10,20H,8-9H2,(H,19,21). The molecule has 124 valence electrons. The molecule has 0 heterocycles. The van der Waals surface area contributed by atoms with Crippen LogP contribution in [0.4, 0.5) is 0 Å². The van der Waals surface area contributed by atoms with Gasteiger partial charge < -0.3 is 5.32 Å². The predicted octanol–water partition coefficient (Wildman–Crippen LogP) is 1.92. The number of rotatable bonds is 6. The zero-order chi connectivity index (χ0) is 17.6. The lowest BCUT2D eigenvalue weighted by Crippen LogP contribution is -2.34. The molecule has 0 atom stereocenters. The number of benzene rings is 2. The summed E-state index contributed by atoms with van der Waals surface area (Å²) in [5.74, 6) is -0.346. The third-order valence-corrected chi connectivity index (χ3v) is 4.78. The van der Waals surface area contributed by atoms with E-state index in [1.54, 1.807) is 12.1 Å². The fourth-order valence-electron chi connectivity index (χ4n) is 1.88. The van der Waals surface area contributed by atoms with Crippen LogP contribution in [0.2, 0.25) is 5.02 Å². The summed E-state index contributed by atoms with van der Waals surface area (Å²) >= 11 is 5.77. The molecule has 0 spiro atoms. The summed E-state index contributed by atoms with van der Waals surface area (Å²) in [6, 6.07) is 14.0. The molecule has 0 aliphatic rings. The highest BCUT2D eigenvalue weighted by molar-refractivity contribution is 7.89. The highest BCUT2D eigenvalue weighted by Gasteiger charge is 2.13. The van der Waals surface area contributed by atoms with E-state index in [4.69, 9.17) is 16.9 Å². The van der Waals surface area contributed by atoms with Gasteiger partial charge in [-0.25, -0.2) is 13.1 Å². The van der Waals surface area contributed by atoms with Gasteiger partial charge in [0.1, 0.15) is 0 Å². The lowest BCUT2D eigenvalue weighted by molar-refractivity contribution is 0.0954. The van der Waals surface area contributed by atoms with Gasteiger partial charge in [-0.15, -0.1) is 0 Å². The van der Waals surface area contributed by atoms with Crippen LogP contribution in [0.25, 0.3) is 0 Å². The van der Waals surface area contributed by atoms with Gasteiger partial charge in [-0.3, -0.25) is 4.79 Å². The average Bonchev–Trinajstić information content (AvgIpc) is 2.58. The molecule has 2 N–H and O–H groups in total. The molecule has 2 rings (SSSR count). The van der Waals surface area contributed by atoms with E-state index in [1.165, 1.54) is 36.4 Å². The zero-order valence-corrected chi connectivity index (χ0v) is 14.1. The Kier molecular flexibility index (Phi) is 5.93. The number of nitrogens with one attached hydrogen (secondary N) is 2. The van der Waals surface area contributed by atoms with Crippen LogP contribution >= 0.6 is 11.6 Å². The van der Waals surface area contributed by atoms with Crippen molar-refractivity contribution in [3.8, 4) is 6.07 Å². The maximum Gasteiger partial charge on any atom is 0.251 e. The average molecular weight is 364 g/mol. The Morgan fingerprint density at radius 3 is 2.46 bits per heavy atom. The van der Waals surface area contributed by atoms with Gasteiger partial charge in [0.15, 0.2) is 0 Å². The molecule has 0 radical (unpaired) electrons. The molecule has 2 aromatic carbocycles. The van der Waals surface area contributed by atoms with Crippen LogP contribution in [0.15, 0.2) is 53.4 Å². The minimum absolute atomic E-state index is 0.0386. The van der Waals surface area contributed by atoms with E-state index in [0.717, 1.165) is 0 Å². The number of nitrogens with zero attached hydrogens (tertiary/aromatic N) is 1. The van der Waals surface area contributed by atoms with Crippen molar-refractivity contribution in [3.63, 3.8) is 0 Å². The van der Waals surface area contributed by atoms with Crippen molar-refractivity contribution in [2.75, 3.05) is 13.1 Å². The van der Waals surface area contributed by atoms with E-state index in [9.17, 15) is 13.2 Å². The number of sulfonamides is 1. The Hall–Kier alpha value is -2.40. The van der Waals surface area contributed by atoms with Gasteiger partial charge in [-0.2, -0.15) is 5.26 Å². The second-order valence-electron chi connectivity index (χ2n) is 4.80. The molecule has 0 fully saturated rings. The van der Waals surface area contributed by atoms with E-state index >= 15 is 0 Å². The van der Waals surface area contributed by atoms with Crippen molar-refractivity contribution in [2.45, 2.75) is 4.90 Å². The Bertz CT molecular complexity index is 874. The summed E-state index contributed by atoms with van der Waals surface area (Å²) in [5, 5.41) is 11.6. The topological polar surface area (TPSA) is 99.1 Å². The van der Waals surface area contributed by atoms with Crippen molar-refractivity contribution in [1.29, 1.82) is 5.26 Å². The largest absolute Gasteiger partial charge is 0.351 e. The first-order chi connectivity index (χ1) is 11.4. The van der Waals surface area contributed by atoms with Crippen LogP contribution in [0.1, 0.15) is 15.9 Å². The summed E-state index contributed by atoms with van der Waals surface area (Å²) in [6.07, 6.45) is 0. The fourth-order valence-corrected chi connectivity index (χ4v) is 3.21. The smallest absolute Gasteiger partial charge is 0.251 e. The van der Waals surface area contributed by atoms with Gasteiger partial charge in [-0.05, 0) is 42.5 Å². The summed E-state index contributed by atoms with van der Waals surface area (Å²) in [7, 11) is -3.68. The van der Waals surface area contributed by atoms with Crippen LogP contribution in [0.5, 0.6) is 0 Å². The molecule has 0 saturated carbocycles. The Labute approximate surface area is 145 Å². The summed E-state index contributed by atoms with van der Waals surface area (Å²) in [5.41, 5.74) is 0.854. The molecular weight excluding hydrogens is 350 g/mol. The Balaban J connectivity index is 1.85. The maximum atomic E-state index is 12.1. The fraction of sp³-hybridized carbons (Fsp3) is 0.125. The number of hydrogen-bond donors (Lipinski definition) is 2. The highest BCUT2D eigenvalue weighted by Crippen LogP contribution is 2.14. The Morgan fingerprint density at radius 1 is 1.12 bits per heavy atom. The van der Waals surface area contributed by atoms with Crippen molar-refractivity contribution >= 4 is 27.5 Å². The molecule has 8 heteroatoms. The molecule has 0 aliphatic carbocycles. The van der Waals surface area contributed by atoms with Crippen molar-refractivity contribution in [1.82, 2.24) is 10.0 Å². The molecular formula is C16H14ClN3O3S. The van der Waals surface area contributed by atoms with E-state index in [-0.39, 0.29) is 23.9 Å².